The Bertz CT molecular complexity index is 265. The second-order valence-corrected chi connectivity index (χ2v) is 2.68. The highest BCUT2D eigenvalue weighted by molar-refractivity contribution is 5.40. The number of aromatic nitrogens is 1. The van der Waals surface area contributed by atoms with E-state index >= 15 is 0 Å². The van der Waals surface area contributed by atoms with Crippen molar-refractivity contribution in [3.63, 3.8) is 0 Å². The molecule has 0 radical (unpaired) electrons. The molecule has 0 amide bonds. The van der Waals surface area contributed by atoms with Crippen LogP contribution in [0.1, 0.15) is 19.9 Å². The SMILES string of the molecule is CC(C)n1c(O)cc(O)c1O. The molecule has 0 spiro atoms. The Kier molecular flexibility index (Phi) is 1.68. The van der Waals surface area contributed by atoms with Crippen molar-refractivity contribution in [2.75, 3.05) is 0 Å². The summed E-state index contributed by atoms with van der Waals surface area (Å²) in [5.41, 5.74) is 0. The molecule has 1 aromatic rings. The molecule has 0 aliphatic carbocycles. The van der Waals surface area contributed by atoms with E-state index in [4.69, 9.17) is 15.3 Å². The molecular formula is C7H11NO3. The number of nitrogens with zero attached hydrogens (tertiary/aromatic N) is 1. The van der Waals surface area contributed by atoms with Crippen LogP contribution in [0.5, 0.6) is 17.5 Å². The van der Waals surface area contributed by atoms with Crippen LogP contribution in [0.2, 0.25) is 0 Å². The van der Waals surface area contributed by atoms with Crippen molar-refractivity contribution in [3.05, 3.63) is 6.07 Å². The van der Waals surface area contributed by atoms with E-state index in [0.717, 1.165) is 6.07 Å². The van der Waals surface area contributed by atoms with Crippen molar-refractivity contribution in [1.29, 1.82) is 0 Å². The van der Waals surface area contributed by atoms with Gasteiger partial charge in [-0.2, -0.15) is 0 Å². The van der Waals surface area contributed by atoms with Gasteiger partial charge in [0.2, 0.25) is 5.88 Å². The molecule has 0 saturated heterocycles. The van der Waals surface area contributed by atoms with Crippen LogP contribution in [0, 0.1) is 0 Å². The average Bonchev–Trinajstić information content (AvgIpc) is 2.07. The molecule has 0 aromatic carbocycles. The fraction of sp³-hybridized carbons (Fsp3) is 0.429. The summed E-state index contributed by atoms with van der Waals surface area (Å²) in [5, 5.41) is 27.2. The van der Waals surface area contributed by atoms with Crippen molar-refractivity contribution in [1.82, 2.24) is 4.57 Å². The van der Waals surface area contributed by atoms with E-state index in [1.165, 1.54) is 4.57 Å². The molecule has 0 atom stereocenters. The second kappa shape index (κ2) is 2.38. The normalized spacial score (nSPS) is 10.8. The highest BCUT2D eigenvalue weighted by Gasteiger charge is 2.14. The molecule has 1 aromatic heterocycles. The molecule has 0 aliphatic heterocycles. The first-order valence-electron chi connectivity index (χ1n) is 3.36. The highest BCUT2D eigenvalue weighted by atomic mass is 16.3. The van der Waals surface area contributed by atoms with E-state index in [1.54, 1.807) is 13.8 Å². The van der Waals surface area contributed by atoms with Crippen molar-refractivity contribution in [3.8, 4) is 17.5 Å². The van der Waals surface area contributed by atoms with Gasteiger partial charge in [0.15, 0.2) is 11.6 Å². The molecule has 0 bridgehead atoms. The fourth-order valence-corrected chi connectivity index (χ4v) is 0.997. The van der Waals surface area contributed by atoms with Crippen LogP contribution in [0.25, 0.3) is 0 Å². The first-order chi connectivity index (χ1) is 5.04. The van der Waals surface area contributed by atoms with Gasteiger partial charge in [-0.05, 0) is 13.8 Å². The lowest BCUT2D eigenvalue weighted by molar-refractivity contribution is 0.336. The fourth-order valence-electron chi connectivity index (χ4n) is 0.997. The predicted molar refractivity (Wildman–Crippen MR) is 39.8 cm³/mol. The van der Waals surface area contributed by atoms with Gasteiger partial charge in [0.1, 0.15) is 0 Å². The Hall–Kier alpha value is -1.32. The summed E-state index contributed by atoms with van der Waals surface area (Å²) in [6.07, 6.45) is 0. The van der Waals surface area contributed by atoms with E-state index in [1.807, 2.05) is 0 Å². The monoisotopic (exact) mass is 157 g/mol. The van der Waals surface area contributed by atoms with Gasteiger partial charge in [0, 0.05) is 12.1 Å². The second-order valence-electron chi connectivity index (χ2n) is 2.68. The van der Waals surface area contributed by atoms with Crippen LogP contribution in [-0.4, -0.2) is 19.9 Å². The first kappa shape index (κ1) is 7.78. The molecule has 11 heavy (non-hydrogen) atoms. The van der Waals surface area contributed by atoms with Crippen molar-refractivity contribution in [2.45, 2.75) is 19.9 Å². The largest absolute Gasteiger partial charge is 0.503 e. The standard InChI is InChI=1S/C7H11NO3/c1-4(2)8-6(10)3-5(9)7(8)11/h3-4,9-11H,1-2H3. The van der Waals surface area contributed by atoms with Gasteiger partial charge >= 0.3 is 0 Å². The summed E-state index contributed by atoms with van der Waals surface area (Å²) in [6.45, 7) is 3.58. The van der Waals surface area contributed by atoms with Crippen LogP contribution in [0.4, 0.5) is 0 Å². The lowest BCUT2D eigenvalue weighted by Crippen LogP contribution is -1.98. The minimum Gasteiger partial charge on any atom is -0.503 e. The Morgan fingerprint density at radius 1 is 1.27 bits per heavy atom. The van der Waals surface area contributed by atoms with E-state index in [9.17, 15) is 0 Å². The van der Waals surface area contributed by atoms with Crippen LogP contribution in [0.15, 0.2) is 6.07 Å². The summed E-state index contributed by atoms with van der Waals surface area (Å²) in [6, 6.07) is 1.03. The Morgan fingerprint density at radius 3 is 2.00 bits per heavy atom. The third-order valence-corrected chi connectivity index (χ3v) is 1.49. The Morgan fingerprint density at radius 2 is 1.82 bits per heavy atom. The van der Waals surface area contributed by atoms with Crippen molar-refractivity contribution < 1.29 is 15.3 Å². The molecule has 1 rings (SSSR count). The Balaban J connectivity index is 3.22. The summed E-state index contributed by atoms with van der Waals surface area (Å²) < 4.78 is 1.23. The summed E-state index contributed by atoms with van der Waals surface area (Å²) >= 11 is 0. The zero-order chi connectivity index (χ0) is 8.59. The summed E-state index contributed by atoms with van der Waals surface area (Å²) in [7, 11) is 0. The van der Waals surface area contributed by atoms with Crippen molar-refractivity contribution in [2.24, 2.45) is 0 Å². The lowest BCUT2D eigenvalue weighted by atomic mass is 10.4. The number of aromatic hydroxyl groups is 3. The maximum atomic E-state index is 9.14. The van der Waals surface area contributed by atoms with Gasteiger partial charge < -0.3 is 15.3 Å². The number of rotatable bonds is 1. The van der Waals surface area contributed by atoms with Gasteiger partial charge in [-0.15, -0.1) is 0 Å². The minimum atomic E-state index is -0.295. The number of hydrogen-bond acceptors (Lipinski definition) is 3. The minimum absolute atomic E-state index is 0.0732. The van der Waals surface area contributed by atoms with Crippen LogP contribution in [-0.2, 0) is 0 Å². The maximum Gasteiger partial charge on any atom is 0.237 e. The van der Waals surface area contributed by atoms with E-state index in [0.29, 0.717) is 0 Å². The molecule has 0 aliphatic rings. The van der Waals surface area contributed by atoms with E-state index in [-0.39, 0.29) is 23.6 Å². The molecule has 0 fully saturated rings. The molecule has 4 heteroatoms. The molecule has 3 N–H and O–H groups in total. The van der Waals surface area contributed by atoms with Gasteiger partial charge in [0.25, 0.3) is 0 Å². The number of hydrogen-bond donors (Lipinski definition) is 3. The van der Waals surface area contributed by atoms with Crippen LogP contribution < -0.4 is 0 Å². The van der Waals surface area contributed by atoms with Crippen LogP contribution in [0.3, 0.4) is 0 Å². The van der Waals surface area contributed by atoms with Crippen LogP contribution >= 0.6 is 0 Å². The van der Waals surface area contributed by atoms with Crippen molar-refractivity contribution >= 4 is 0 Å². The summed E-state index contributed by atoms with van der Waals surface area (Å²) in [5.74, 6) is -0.719. The first-order valence-corrected chi connectivity index (χ1v) is 3.36. The molecule has 1 heterocycles. The molecular weight excluding hydrogens is 146 g/mol. The van der Waals surface area contributed by atoms with Gasteiger partial charge in [0.05, 0.1) is 0 Å². The van der Waals surface area contributed by atoms with E-state index < -0.39 is 0 Å². The predicted octanol–water partition coefficient (Wildman–Crippen LogP) is 1.19. The quantitative estimate of drug-likeness (QED) is 0.573. The maximum absolute atomic E-state index is 9.14. The van der Waals surface area contributed by atoms with E-state index in [2.05, 4.69) is 0 Å². The summed E-state index contributed by atoms with van der Waals surface area (Å²) in [4.78, 5) is 0. The average molecular weight is 157 g/mol. The lowest BCUT2D eigenvalue weighted by Gasteiger charge is -2.09. The van der Waals surface area contributed by atoms with Gasteiger partial charge in [-0.1, -0.05) is 0 Å². The third-order valence-electron chi connectivity index (χ3n) is 1.49. The highest BCUT2D eigenvalue weighted by Crippen LogP contribution is 2.35. The third kappa shape index (κ3) is 1.11. The topological polar surface area (TPSA) is 65.6 Å². The molecule has 4 nitrogen and oxygen atoms in total. The molecule has 62 valence electrons. The van der Waals surface area contributed by atoms with Gasteiger partial charge in [-0.3, -0.25) is 4.57 Å². The molecule has 0 unspecified atom stereocenters. The van der Waals surface area contributed by atoms with Gasteiger partial charge in [-0.25, -0.2) is 0 Å². The zero-order valence-corrected chi connectivity index (χ0v) is 6.44. The zero-order valence-electron chi connectivity index (χ0n) is 6.44. The Labute approximate surface area is 64.3 Å². The smallest absolute Gasteiger partial charge is 0.237 e. The molecule has 0 saturated carbocycles.